The monoisotopic (exact) mass is 242 g/mol. The zero-order valence-electron chi connectivity index (χ0n) is 10.3. The Bertz CT molecular complexity index is 550. The quantitative estimate of drug-likeness (QED) is 0.837. The number of hydrogen-bond acceptors (Lipinski definition) is 4. The fourth-order valence-electron chi connectivity index (χ4n) is 1.70. The fraction of sp³-hybridized carbons (Fsp3) is 0.143. The van der Waals surface area contributed by atoms with Gasteiger partial charge in [0.1, 0.15) is 6.29 Å². The van der Waals surface area contributed by atoms with E-state index in [0.717, 1.165) is 17.4 Å². The molecular formula is C14H14N2O2. The highest BCUT2D eigenvalue weighted by Crippen LogP contribution is 2.28. The van der Waals surface area contributed by atoms with Gasteiger partial charge in [0.15, 0.2) is 11.6 Å². The third kappa shape index (κ3) is 2.32. The van der Waals surface area contributed by atoms with E-state index in [0.29, 0.717) is 17.1 Å². The minimum Gasteiger partial charge on any atom is -0.493 e. The molecule has 0 radical (unpaired) electrons. The van der Waals surface area contributed by atoms with E-state index >= 15 is 0 Å². The van der Waals surface area contributed by atoms with Crippen molar-refractivity contribution in [2.24, 2.45) is 0 Å². The summed E-state index contributed by atoms with van der Waals surface area (Å²) in [4.78, 5) is 14.9. The standard InChI is InChI=1S/C14H14N2O2/c1-15-14-13(18-2)7-12(8-16-14)11-5-3-10(9-17)4-6-11/h3-9H,1-2H3,(H,15,16). The van der Waals surface area contributed by atoms with Crippen LogP contribution < -0.4 is 10.1 Å². The maximum Gasteiger partial charge on any atom is 0.168 e. The Labute approximate surface area is 106 Å². The maximum atomic E-state index is 10.6. The van der Waals surface area contributed by atoms with E-state index in [4.69, 9.17) is 4.74 Å². The lowest BCUT2D eigenvalue weighted by atomic mass is 10.1. The summed E-state index contributed by atoms with van der Waals surface area (Å²) in [5.41, 5.74) is 2.60. The summed E-state index contributed by atoms with van der Waals surface area (Å²) in [6.07, 6.45) is 2.59. The van der Waals surface area contributed by atoms with Crippen molar-refractivity contribution in [3.8, 4) is 16.9 Å². The topological polar surface area (TPSA) is 51.2 Å². The minimum absolute atomic E-state index is 0.658. The van der Waals surface area contributed by atoms with Gasteiger partial charge in [-0.15, -0.1) is 0 Å². The van der Waals surface area contributed by atoms with Gasteiger partial charge in [-0.2, -0.15) is 0 Å². The molecular weight excluding hydrogens is 228 g/mol. The summed E-state index contributed by atoms with van der Waals surface area (Å²) < 4.78 is 5.26. The molecule has 1 N–H and O–H groups in total. The first-order chi connectivity index (χ1) is 8.78. The van der Waals surface area contributed by atoms with Crippen molar-refractivity contribution >= 4 is 12.1 Å². The van der Waals surface area contributed by atoms with Gasteiger partial charge in [0.25, 0.3) is 0 Å². The van der Waals surface area contributed by atoms with Gasteiger partial charge in [0, 0.05) is 24.4 Å². The third-order valence-corrected chi connectivity index (χ3v) is 2.69. The molecule has 4 nitrogen and oxygen atoms in total. The van der Waals surface area contributed by atoms with Gasteiger partial charge in [0.05, 0.1) is 7.11 Å². The van der Waals surface area contributed by atoms with Crippen LogP contribution in [0.1, 0.15) is 10.4 Å². The number of nitrogens with one attached hydrogen (secondary N) is 1. The van der Waals surface area contributed by atoms with Crippen molar-refractivity contribution in [2.45, 2.75) is 0 Å². The molecule has 0 fully saturated rings. The average molecular weight is 242 g/mol. The molecule has 0 amide bonds. The van der Waals surface area contributed by atoms with Gasteiger partial charge >= 0.3 is 0 Å². The summed E-state index contributed by atoms with van der Waals surface area (Å²) in [6, 6.07) is 9.24. The van der Waals surface area contributed by atoms with Crippen molar-refractivity contribution in [3.05, 3.63) is 42.1 Å². The number of pyridine rings is 1. The minimum atomic E-state index is 0.658. The van der Waals surface area contributed by atoms with Crippen LogP contribution in [0.2, 0.25) is 0 Å². The number of methoxy groups -OCH3 is 1. The van der Waals surface area contributed by atoms with E-state index in [-0.39, 0.29) is 0 Å². The maximum absolute atomic E-state index is 10.6. The fourth-order valence-corrected chi connectivity index (χ4v) is 1.70. The molecule has 92 valence electrons. The first-order valence-corrected chi connectivity index (χ1v) is 5.56. The molecule has 0 atom stereocenters. The SMILES string of the molecule is CNc1ncc(-c2ccc(C=O)cc2)cc1OC. The van der Waals surface area contributed by atoms with Crippen molar-refractivity contribution in [1.29, 1.82) is 0 Å². The van der Waals surface area contributed by atoms with E-state index in [2.05, 4.69) is 10.3 Å². The predicted octanol–water partition coefficient (Wildman–Crippen LogP) is 2.61. The first-order valence-electron chi connectivity index (χ1n) is 5.56. The number of hydrogen-bond donors (Lipinski definition) is 1. The van der Waals surface area contributed by atoms with Crippen molar-refractivity contribution in [1.82, 2.24) is 4.98 Å². The van der Waals surface area contributed by atoms with Crippen LogP contribution in [0.15, 0.2) is 36.5 Å². The predicted molar refractivity (Wildman–Crippen MR) is 71.2 cm³/mol. The zero-order valence-corrected chi connectivity index (χ0v) is 10.3. The Morgan fingerprint density at radius 1 is 1.22 bits per heavy atom. The molecule has 0 saturated heterocycles. The number of ether oxygens (including phenoxy) is 1. The summed E-state index contributed by atoms with van der Waals surface area (Å²) in [5, 5.41) is 2.96. The second kappa shape index (κ2) is 5.31. The second-order valence-electron chi connectivity index (χ2n) is 3.76. The van der Waals surface area contributed by atoms with Crippen LogP contribution in [-0.2, 0) is 0 Å². The lowest BCUT2D eigenvalue weighted by Gasteiger charge is -2.09. The highest BCUT2D eigenvalue weighted by atomic mass is 16.5. The lowest BCUT2D eigenvalue weighted by molar-refractivity contribution is 0.112. The van der Waals surface area contributed by atoms with Gasteiger partial charge in [-0.1, -0.05) is 24.3 Å². The summed E-state index contributed by atoms with van der Waals surface area (Å²) >= 11 is 0. The van der Waals surface area contributed by atoms with E-state index in [1.54, 1.807) is 32.5 Å². The molecule has 4 heteroatoms. The Morgan fingerprint density at radius 2 is 1.94 bits per heavy atom. The molecule has 0 unspecified atom stereocenters. The van der Waals surface area contributed by atoms with Crippen LogP contribution in [-0.4, -0.2) is 25.4 Å². The van der Waals surface area contributed by atoms with Crippen LogP contribution in [0.25, 0.3) is 11.1 Å². The second-order valence-corrected chi connectivity index (χ2v) is 3.76. The largest absolute Gasteiger partial charge is 0.493 e. The van der Waals surface area contributed by atoms with Gasteiger partial charge in [-0.25, -0.2) is 4.98 Å². The molecule has 18 heavy (non-hydrogen) atoms. The van der Waals surface area contributed by atoms with E-state index in [1.165, 1.54) is 0 Å². The normalized spacial score (nSPS) is 9.89. The van der Waals surface area contributed by atoms with Crippen LogP contribution in [0.3, 0.4) is 0 Å². The van der Waals surface area contributed by atoms with E-state index in [1.807, 2.05) is 18.2 Å². The van der Waals surface area contributed by atoms with Gasteiger partial charge < -0.3 is 10.1 Å². The third-order valence-electron chi connectivity index (χ3n) is 2.69. The molecule has 2 aromatic rings. The van der Waals surface area contributed by atoms with Gasteiger partial charge in [-0.3, -0.25) is 4.79 Å². The van der Waals surface area contributed by atoms with Crippen molar-refractivity contribution < 1.29 is 9.53 Å². The molecule has 0 aliphatic heterocycles. The molecule has 0 spiro atoms. The number of aromatic nitrogens is 1. The molecule has 2 rings (SSSR count). The van der Waals surface area contributed by atoms with Crippen LogP contribution in [0.5, 0.6) is 5.75 Å². The number of rotatable bonds is 4. The molecule has 1 aromatic heterocycles. The summed E-state index contributed by atoms with van der Waals surface area (Å²) in [7, 11) is 3.40. The van der Waals surface area contributed by atoms with Crippen LogP contribution in [0, 0.1) is 0 Å². The van der Waals surface area contributed by atoms with E-state index in [9.17, 15) is 4.79 Å². The smallest absolute Gasteiger partial charge is 0.168 e. The number of anilines is 1. The summed E-state index contributed by atoms with van der Waals surface area (Å²) in [5.74, 6) is 1.39. The molecule has 0 aliphatic rings. The van der Waals surface area contributed by atoms with E-state index < -0.39 is 0 Å². The number of carbonyl (C=O) groups is 1. The lowest BCUT2D eigenvalue weighted by Crippen LogP contribution is -1.97. The van der Waals surface area contributed by atoms with Gasteiger partial charge in [0.2, 0.25) is 0 Å². The average Bonchev–Trinajstić information content (AvgIpc) is 2.46. The molecule has 0 aliphatic carbocycles. The first kappa shape index (κ1) is 12.1. The van der Waals surface area contributed by atoms with Gasteiger partial charge in [-0.05, 0) is 11.6 Å². The molecule has 0 saturated carbocycles. The highest BCUT2D eigenvalue weighted by Gasteiger charge is 2.06. The molecule has 1 heterocycles. The van der Waals surface area contributed by atoms with Crippen LogP contribution in [0.4, 0.5) is 5.82 Å². The Balaban J connectivity index is 2.40. The highest BCUT2D eigenvalue weighted by molar-refractivity contribution is 5.77. The number of nitrogens with zero attached hydrogens (tertiary/aromatic N) is 1. The Hall–Kier alpha value is -2.36. The number of carbonyl (C=O) groups excluding carboxylic acids is 1. The molecule has 1 aromatic carbocycles. The zero-order chi connectivity index (χ0) is 13.0. The molecule has 0 bridgehead atoms. The Kier molecular flexibility index (Phi) is 3.57. The number of benzene rings is 1. The summed E-state index contributed by atoms with van der Waals surface area (Å²) in [6.45, 7) is 0. The Morgan fingerprint density at radius 3 is 2.50 bits per heavy atom. The number of aldehydes is 1. The van der Waals surface area contributed by atoms with Crippen molar-refractivity contribution in [3.63, 3.8) is 0 Å². The van der Waals surface area contributed by atoms with Crippen LogP contribution >= 0.6 is 0 Å². The van der Waals surface area contributed by atoms with Crippen molar-refractivity contribution in [2.75, 3.05) is 19.5 Å².